The van der Waals surface area contributed by atoms with Crippen LogP contribution in [-0.2, 0) is 17.7 Å². The van der Waals surface area contributed by atoms with Crippen LogP contribution in [0.5, 0.6) is 0 Å². The van der Waals surface area contributed by atoms with Crippen molar-refractivity contribution in [2.24, 2.45) is 0 Å². The van der Waals surface area contributed by atoms with Gasteiger partial charge in [0, 0.05) is 18.8 Å². The average molecular weight is 326 g/mol. The average Bonchev–Trinajstić information content (AvgIpc) is 2.52. The number of ether oxygens (including phenoxy) is 1. The van der Waals surface area contributed by atoms with Gasteiger partial charge < -0.3 is 15.4 Å². The zero-order valence-corrected chi connectivity index (χ0v) is 14.7. The second kappa shape index (κ2) is 7.86. The van der Waals surface area contributed by atoms with Crippen LogP contribution < -0.4 is 5.73 Å². The Kier molecular flexibility index (Phi) is 5.85. The van der Waals surface area contributed by atoms with Gasteiger partial charge in [0.05, 0.1) is 0 Å². The SMILES string of the molecule is CC(C)(C)OC(=O)N(CCc1ccc(N)cc1)Cc1ccccc1. The Bertz CT molecular complexity index is 646. The van der Waals surface area contributed by atoms with Gasteiger partial charge in [-0.1, -0.05) is 42.5 Å². The van der Waals surface area contributed by atoms with E-state index in [9.17, 15) is 4.79 Å². The maximum atomic E-state index is 12.5. The fourth-order valence-electron chi connectivity index (χ4n) is 2.31. The molecule has 24 heavy (non-hydrogen) atoms. The van der Waals surface area contributed by atoms with Crippen molar-refractivity contribution in [3.63, 3.8) is 0 Å². The first-order valence-electron chi connectivity index (χ1n) is 8.20. The van der Waals surface area contributed by atoms with E-state index in [0.717, 1.165) is 23.2 Å². The first-order chi connectivity index (χ1) is 11.3. The fraction of sp³-hybridized carbons (Fsp3) is 0.350. The zero-order valence-electron chi connectivity index (χ0n) is 14.7. The molecule has 2 aromatic rings. The highest BCUT2D eigenvalue weighted by atomic mass is 16.6. The molecule has 0 saturated heterocycles. The minimum atomic E-state index is -0.507. The second-order valence-corrected chi connectivity index (χ2v) is 6.88. The minimum Gasteiger partial charge on any atom is -0.444 e. The summed E-state index contributed by atoms with van der Waals surface area (Å²) in [4.78, 5) is 14.3. The second-order valence-electron chi connectivity index (χ2n) is 6.88. The summed E-state index contributed by atoms with van der Waals surface area (Å²) in [5.74, 6) is 0. The van der Waals surface area contributed by atoms with Gasteiger partial charge in [-0.05, 0) is 50.5 Å². The quantitative estimate of drug-likeness (QED) is 0.836. The number of hydrogen-bond acceptors (Lipinski definition) is 3. The Balaban J connectivity index is 2.06. The summed E-state index contributed by atoms with van der Waals surface area (Å²) < 4.78 is 5.55. The van der Waals surface area contributed by atoms with E-state index in [1.165, 1.54) is 0 Å². The molecule has 0 aliphatic heterocycles. The predicted molar refractivity (Wildman–Crippen MR) is 97.6 cm³/mol. The highest BCUT2D eigenvalue weighted by Gasteiger charge is 2.22. The number of carbonyl (C=O) groups excluding carboxylic acids is 1. The molecule has 0 aromatic heterocycles. The Morgan fingerprint density at radius 2 is 1.62 bits per heavy atom. The standard InChI is InChI=1S/C20H26N2O2/c1-20(2,3)24-19(23)22(15-17-7-5-4-6-8-17)14-13-16-9-11-18(21)12-10-16/h4-12H,13-15,21H2,1-3H3. The number of benzene rings is 2. The van der Waals surface area contributed by atoms with Crippen molar-refractivity contribution in [1.82, 2.24) is 4.90 Å². The Morgan fingerprint density at radius 3 is 2.21 bits per heavy atom. The van der Waals surface area contributed by atoms with Crippen molar-refractivity contribution >= 4 is 11.8 Å². The number of carbonyl (C=O) groups is 1. The van der Waals surface area contributed by atoms with Gasteiger partial charge in [0.2, 0.25) is 0 Å². The van der Waals surface area contributed by atoms with Crippen LogP contribution in [0.25, 0.3) is 0 Å². The van der Waals surface area contributed by atoms with E-state index in [2.05, 4.69) is 0 Å². The Labute approximate surface area is 144 Å². The molecule has 0 aliphatic rings. The molecule has 0 radical (unpaired) electrons. The molecule has 2 aromatic carbocycles. The number of amides is 1. The van der Waals surface area contributed by atoms with Crippen molar-refractivity contribution in [3.05, 3.63) is 65.7 Å². The minimum absolute atomic E-state index is 0.290. The molecule has 0 spiro atoms. The summed E-state index contributed by atoms with van der Waals surface area (Å²) in [5, 5.41) is 0. The van der Waals surface area contributed by atoms with E-state index in [4.69, 9.17) is 10.5 Å². The van der Waals surface area contributed by atoms with Crippen molar-refractivity contribution in [3.8, 4) is 0 Å². The fourth-order valence-corrected chi connectivity index (χ4v) is 2.31. The van der Waals surface area contributed by atoms with Gasteiger partial charge in [-0.15, -0.1) is 0 Å². The Morgan fingerprint density at radius 1 is 1.00 bits per heavy atom. The third-order valence-electron chi connectivity index (χ3n) is 3.52. The van der Waals surface area contributed by atoms with E-state index in [1.54, 1.807) is 4.90 Å². The van der Waals surface area contributed by atoms with Gasteiger partial charge in [-0.3, -0.25) is 0 Å². The number of anilines is 1. The molecule has 0 atom stereocenters. The van der Waals surface area contributed by atoms with Crippen LogP contribution in [0, 0.1) is 0 Å². The lowest BCUT2D eigenvalue weighted by Crippen LogP contribution is -2.37. The zero-order chi connectivity index (χ0) is 17.6. The van der Waals surface area contributed by atoms with Gasteiger partial charge in [-0.2, -0.15) is 0 Å². The van der Waals surface area contributed by atoms with Crippen molar-refractivity contribution in [1.29, 1.82) is 0 Å². The maximum absolute atomic E-state index is 12.5. The first kappa shape index (κ1) is 17.9. The maximum Gasteiger partial charge on any atom is 0.410 e. The molecular formula is C20H26N2O2. The molecule has 0 bridgehead atoms. The molecule has 4 heteroatoms. The van der Waals surface area contributed by atoms with Gasteiger partial charge in [0.1, 0.15) is 5.60 Å². The van der Waals surface area contributed by atoms with Crippen LogP contribution in [0.15, 0.2) is 54.6 Å². The Hall–Kier alpha value is -2.49. The molecule has 0 saturated carbocycles. The number of rotatable bonds is 5. The van der Waals surface area contributed by atoms with Gasteiger partial charge >= 0.3 is 6.09 Å². The normalized spacial score (nSPS) is 11.1. The number of nitrogen functional groups attached to an aromatic ring is 1. The summed E-state index contributed by atoms with van der Waals surface area (Å²) in [6.07, 6.45) is 0.466. The van der Waals surface area contributed by atoms with E-state index >= 15 is 0 Å². The highest BCUT2D eigenvalue weighted by molar-refractivity contribution is 5.68. The van der Waals surface area contributed by atoms with Crippen molar-refractivity contribution < 1.29 is 9.53 Å². The van der Waals surface area contributed by atoms with E-state index in [1.807, 2.05) is 75.4 Å². The van der Waals surface area contributed by atoms with E-state index in [-0.39, 0.29) is 6.09 Å². The van der Waals surface area contributed by atoms with Crippen LogP contribution in [0.1, 0.15) is 31.9 Å². The lowest BCUT2D eigenvalue weighted by atomic mass is 10.1. The lowest BCUT2D eigenvalue weighted by Gasteiger charge is -2.27. The third-order valence-corrected chi connectivity index (χ3v) is 3.52. The molecule has 0 unspecified atom stereocenters. The van der Waals surface area contributed by atoms with E-state index < -0.39 is 5.60 Å². The summed E-state index contributed by atoms with van der Waals surface area (Å²) in [6, 6.07) is 17.7. The largest absolute Gasteiger partial charge is 0.444 e. The number of nitrogens with two attached hydrogens (primary N) is 1. The predicted octanol–water partition coefficient (Wildman–Crippen LogP) is 4.25. The van der Waals surface area contributed by atoms with E-state index in [0.29, 0.717) is 13.1 Å². The monoisotopic (exact) mass is 326 g/mol. The molecule has 0 aliphatic carbocycles. The van der Waals surface area contributed by atoms with Crippen LogP contribution in [-0.4, -0.2) is 23.1 Å². The lowest BCUT2D eigenvalue weighted by molar-refractivity contribution is 0.0236. The van der Waals surface area contributed by atoms with Crippen molar-refractivity contribution in [2.75, 3.05) is 12.3 Å². The van der Waals surface area contributed by atoms with Crippen molar-refractivity contribution in [2.45, 2.75) is 39.3 Å². The first-order valence-corrected chi connectivity index (χ1v) is 8.20. The summed E-state index contributed by atoms with van der Waals surface area (Å²) in [5.41, 5.74) is 8.18. The molecule has 128 valence electrons. The summed E-state index contributed by atoms with van der Waals surface area (Å²) in [6.45, 7) is 6.77. The molecule has 4 nitrogen and oxygen atoms in total. The molecule has 1 amide bonds. The molecule has 0 fully saturated rings. The highest BCUT2D eigenvalue weighted by Crippen LogP contribution is 2.14. The number of hydrogen-bond donors (Lipinski definition) is 1. The molecule has 0 heterocycles. The smallest absolute Gasteiger partial charge is 0.410 e. The molecule has 2 rings (SSSR count). The van der Waals surface area contributed by atoms with Gasteiger partial charge in [0.25, 0.3) is 0 Å². The summed E-state index contributed by atoms with van der Waals surface area (Å²) in [7, 11) is 0. The third kappa shape index (κ3) is 5.95. The summed E-state index contributed by atoms with van der Waals surface area (Å²) >= 11 is 0. The van der Waals surface area contributed by atoms with Crippen LogP contribution in [0.4, 0.5) is 10.5 Å². The van der Waals surface area contributed by atoms with Gasteiger partial charge in [0.15, 0.2) is 0 Å². The topological polar surface area (TPSA) is 55.6 Å². The van der Waals surface area contributed by atoms with Gasteiger partial charge in [-0.25, -0.2) is 4.79 Å². The number of nitrogens with zero attached hydrogens (tertiary/aromatic N) is 1. The molecule has 2 N–H and O–H groups in total. The van der Waals surface area contributed by atoms with Crippen LogP contribution >= 0.6 is 0 Å². The van der Waals surface area contributed by atoms with Crippen LogP contribution in [0.3, 0.4) is 0 Å². The molecular weight excluding hydrogens is 300 g/mol. The van der Waals surface area contributed by atoms with Crippen LogP contribution in [0.2, 0.25) is 0 Å².